The van der Waals surface area contributed by atoms with Crippen molar-refractivity contribution in [3.05, 3.63) is 0 Å². The Kier molecular flexibility index (Phi) is 3.46. The van der Waals surface area contributed by atoms with Crippen LogP contribution in [0.4, 0.5) is 0 Å². The van der Waals surface area contributed by atoms with Gasteiger partial charge in [0.1, 0.15) is 6.54 Å². The summed E-state index contributed by atoms with van der Waals surface area (Å²) in [5.74, 6) is -1.72. The summed E-state index contributed by atoms with van der Waals surface area (Å²) >= 11 is 0. The minimum Gasteiger partial charge on any atom is -0.345 e. The molecule has 0 aromatic heterocycles. The van der Waals surface area contributed by atoms with Gasteiger partial charge in [0, 0.05) is 5.92 Å². The molecule has 1 radical (unpaired) electrons. The van der Waals surface area contributed by atoms with E-state index in [0.717, 1.165) is 0 Å². The van der Waals surface area contributed by atoms with Gasteiger partial charge in [0.2, 0.25) is 5.91 Å². The van der Waals surface area contributed by atoms with Crippen LogP contribution in [-0.4, -0.2) is 18.4 Å². The number of nitrogens with one attached hydrogen (secondary N) is 1. The summed E-state index contributed by atoms with van der Waals surface area (Å²) in [4.78, 5) is 20.4. The molecular weight excluding hydrogens is 134 g/mol. The Labute approximate surface area is 59.2 Å². The van der Waals surface area contributed by atoms with Crippen LogP contribution >= 0.6 is 0 Å². The minimum absolute atomic E-state index is 0.181. The van der Waals surface area contributed by atoms with Crippen LogP contribution in [0.5, 0.6) is 0 Å². The molecule has 0 bridgehead atoms. The molecule has 4 heteroatoms. The Bertz CT molecular complexity index is 142. The first-order valence-corrected chi connectivity index (χ1v) is 3.01. The van der Waals surface area contributed by atoms with Crippen LogP contribution < -0.4 is 5.32 Å². The second-order valence-corrected chi connectivity index (χ2v) is 2.24. The SMILES string of the molecule is CC(C)C(=O)NCC([O])=O. The summed E-state index contributed by atoms with van der Waals surface area (Å²) in [6.45, 7) is 2.96. The molecule has 0 rings (SSSR count). The highest BCUT2D eigenvalue weighted by atomic mass is 16.4. The number of carbonyl (C=O) groups is 2. The van der Waals surface area contributed by atoms with Gasteiger partial charge < -0.3 is 5.32 Å². The lowest BCUT2D eigenvalue weighted by Crippen LogP contribution is -2.31. The molecule has 0 aliphatic carbocycles. The van der Waals surface area contributed by atoms with Crippen molar-refractivity contribution in [3.8, 4) is 0 Å². The zero-order valence-electron chi connectivity index (χ0n) is 6.01. The summed E-state index contributed by atoms with van der Waals surface area (Å²) in [6.07, 6.45) is 0. The predicted molar refractivity (Wildman–Crippen MR) is 33.5 cm³/mol. The molecule has 1 N–H and O–H groups in total. The average molecular weight is 144 g/mol. The van der Waals surface area contributed by atoms with Crippen molar-refractivity contribution in [1.82, 2.24) is 5.32 Å². The maximum atomic E-state index is 10.6. The number of hydrogen-bond acceptors (Lipinski definition) is 2. The zero-order chi connectivity index (χ0) is 8.15. The van der Waals surface area contributed by atoms with E-state index in [1.807, 2.05) is 0 Å². The fourth-order valence-electron chi connectivity index (χ4n) is 0.363. The van der Waals surface area contributed by atoms with Crippen LogP contribution in [0.25, 0.3) is 0 Å². The molecule has 0 aromatic carbocycles. The van der Waals surface area contributed by atoms with Gasteiger partial charge in [0.05, 0.1) is 0 Å². The van der Waals surface area contributed by atoms with Crippen molar-refractivity contribution in [2.24, 2.45) is 5.92 Å². The summed E-state index contributed by atoms with van der Waals surface area (Å²) in [6, 6.07) is 0. The van der Waals surface area contributed by atoms with Gasteiger partial charge >= 0.3 is 5.97 Å². The van der Waals surface area contributed by atoms with Crippen molar-refractivity contribution in [2.45, 2.75) is 13.8 Å². The number of hydrogen-bond donors (Lipinski definition) is 1. The molecule has 1 amide bonds. The molecule has 10 heavy (non-hydrogen) atoms. The Balaban J connectivity index is 3.50. The first-order chi connectivity index (χ1) is 4.54. The van der Waals surface area contributed by atoms with Gasteiger partial charge in [-0.15, -0.1) is 0 Å². The Hall–Kier alpha value is -1.06. The van der Waals surface area contributed by atoms with Gasteiger partial charge in [-0.25, -0.2) is 9.90 Å². The third-order valence-electron chi connectivity index (χ3n) is 0.931. The summed E-state index contributed by atoms with van der Waals surface area (Å²) < 4.78 is 0. The second-order valence-electron chi connectivity index (χ2n) is 2.24. The highest BCUT2D eigenvalue weighted by Gasteiger charge is 2.07. The van der Waals surface area contributed by atoms with Crippen molar-refractivity contribution in [3.63, 3.8) is 0 Å². The molecule has 0 aromatic rings. The zero-order valence-corrected chi connectivity index (χ0v) is 6.01. The lowest BCUT2D eigenvalue weighted by molar-refractivity contribution is -0.143. The lowest BCUT2D eigenvalue weighted by atomic mass is 10.2. The molecular formula is C6H10NO3. The van der Waals surface area contributed by atoms with E-state index in [9.17, 15) is 14.7 Å². The van der Waals surface area contributed by atoms with Crippen molar-refractivity contribution < 1.29 is 14.7 Å². The number of carbonyl (C=O) groups excluding carboxylic acids is 2. The molecule has 0 atom stereocenters. The molecule has 0 unspecified atom stereocenters. The third-order valence-corrected chi connectivity index (χ3v) is 0.931. The first kappa shape index (κ1) is 8.94. The standard InChI is InChI=1S/C6H10NO3/c1-4(2)6(10)7-3-5(8)9/h4H,3H2,1-2H3,(H,7,10). The predicted octanol–water partition coefficient (Wildman–Crippen LogP) is -0.284. The van der Waals surface area contributed by atoms with E-state index < -0.39 is 12.5 Å². The molecule has 0 spiro atoms. The highest BCUT2D eigenvalue weighted by Crippen LogP contribution is 1.88. The van der Waals surface area contributed by atoms with Crippen molar-refractivity contribution in [1.29, 1.82) is 0 Å². The maximum absolute atomic E-state index is 10.6. The Morgan fingerprint density at radius 1 is 1.40 bits per heavy atom. The molecule has 0 fully saturated rings. The molecule has 0 aliphatic rings. The molecule has 4 nitrogen and oxygen atoms in total. The third kappa shape index (κ3) is 3.88. The van der Waals surface area contributed by atoms with Gasteiger partial charge in [-0.1, -0.05) is 13.8 Å². The highest BCUT2D eigenvalue weighted by molar-refractivity contribution is 5.82. The largest absolute Gasteiger partial charge is 0.374 e. The quantitative estimate of drug-likeness (QED) is 0.591. The van der Waals surface area contributed by atoms with E-state index >= 15 is 0 Å². The summed E-state index contributed by atoms with van der Waals surface area (Å²) in [5, 5.41) is 12.0. The van der Waals surface area contributed by atoms with E-state index in [0.29, 0.717) is 0 Å². The van der Waals surface area contributed by atoms with Crippen LogP contribution in [0.15, 0.2) is 0 Å². The fraction of sp³-hybridized carbons (Fsp3) is 0.667. The van der Waals surface area contributed by atoms with Crippen LogP contribution in [0.2, 0.25) is 0 Å². The van der Waals surface area contributed by atoms with E-state index in [2.05, 4.69) is 5.32 Å². The van der Waals surface area contributed by atoms with E-state index in [4.69, 9.17) is 0 Å². The summed E-state index contributed by atoms with van der Waals surface area (Å²) in [7, 11) is 0. The maximum Gasteiger partial charge on any atom is 0.374 e. The first-order valence-electron chi connectivity index (χ1n) is 3.01. The minimum atomic E-state index is -1.27. The van der Waals surface area contributed by atoms with Gasteiger partial charge in [0.15, 0.2) is 0 Å². The molecule has 0 saturated heterocycles. The molecule has 0 saturated carbocycles. The normalized spacial score (nSPS) is 9.50. The van der Waals surface area contributed by atoms with E-state index in [-0.39, 0.29) is 11.8 Å². The molecule has 57 valence electrons. The van der Waals surface area contributed by atoms with Gasteiger partial charge in [-0.05, 0) is 0 Å². The fourth-order valence-corrected chi connectivity index (χ4v) is 0.363. The molecule has 0 aliphatic heterocycles. The van der Waals surface area contributed by atoms with Crippen LogP contribution in [0.3, 0.4) is 0 Å². The van der Waals surface area contributed by atoms with Crippen molar-refractivity contribution in [2.75, 3.05) is 6.54 Å². The van der Waals surface area contributed by atoms with Crippen LogP contribution in [0, 0.1) is 5.92 Å². The van der Waals surface area contributed by atoms with Crippen LogP contribution in [-0.2, 0) is 14.7 Å². The molecule has 0 heterocycles. The average Bonchev–Trinajstić information content (AvgIpc) is 1.82. The smallest absolute Gasteiger partial charge is 0.345 e. The van der Waals surface area contributed by atoms with Gasteiger partial charge in [-0.3, -0.25) is 4.79 Å². The monoisotopic (exact) mass is 144 g/mol. The lowest BCUT2D eigenvalue weighted by Gasteiger charge is -2.02. The topological polar surface area (TPSA) is 66.1 Å². The van der Waals surface area contributed by atoms with Gasteiger partial charge in [0.25, 0.3) is 0 Å². The van der Waals surface area contributed by atoms with E-state index in [1.54, 1.807) is 13.8 Å². The second kappa shape index (κ2) is 3.87. The van der Waals surface area contributed by atoms with Crippen molar-refractivity contribution >= 4 is 11.9 Å². The summed E-state index contributed by atoms with van der Waals surface area (Å²) in [5.41, 5.74) is 0. The Morgan fingerprint density at radius 2 is 1.90 bits per heavy atom. The van der Waals surface area contributed by atoms with E-state index in [1.165, 1.54) is 0 Å². The number of rotatable bonds is 3. The Morgan fingerprint density at radius 3 is 2.20 bits per heavy atom. The van der Waals surface area contributed by atoms with Crippen LogP contribution in [0.1, 0.15) is 13.8 Å². The van der Waals surface area contributed by atoms with Gasteiger partial charge in [-0.2, -0.15) is 0 Å². The number of amides is 1.